The predicted molar refractivity (Wildman–Crippen MR) is 72.6 cm³/mol. The van der Waals surface area contributed by atoms with Gasteiger partial charge in [0.2, 0.25) is 10.0 Å². The summed E-state index contributed by atoms with van der Waals surface area (Å²) in [5, 5.41) is 8.32. The fourth-order valence-corrected chi connectivity index (χ4v) is 7.34. The summed E-state index contributed by atoms with van der Waals surface area (Å²) in [6.45, 7) is 0. The molecule has 1 unspecified atom stereocenters. The Morgan fingerprint density at radius 3 is 2.25 bits per heavy atom. The first-order valence-electron chi connectivity index (χ1n) is 6.64. The molecule has 2 fully saturated rings. The van der Waals surface area contributed by atoms with E-state index in [2.05, 4.69) is 4.72 Å². The van der Waals surface area contributed by atoms with Crippen LogP contribution in [0.2, 0.25) is 0 Å². The minimum absolute atomic E-state index is 0.0351. The van der Waals surface area contributed by atoms with Crippen LogP contribution in [0.3, 0.4) is 0 Å². The largest absolute Gasteiger partial charge is 0.480 e. The lowest BCUT2D eigenvalue weighted by Crippen LogP contribution is -2.57. The summed E-state index contributed by atoms with van der Waals surface area (Å²) < 4.78 is 49.6. The number of nitrogens with one attached hydrogen (secondary N) is 1. The predicted octanol–water partition coefficient (Wildman–Crippen LogP) is -0.120. The van der Waals surface area contributed by atoms with E-state index in [-0.39, 0.29) is 25.0 Å². The highest BCUT2D eigenvalue weighted by Crippen LogP contribution is 2.30. The average Bonchev–Trinajstić information content (AvgIpc) is 2.71. The zero-order chi connectivity index (χ0) is 15.0. The van der Waals surface area contributed by atoms with Crippen molar-refractivity contribution < 1.29 is 26.7 Å². The summed E-state index contributed by atoms with van der Waals surface area (Å²) >= 11 is 0. The highest BCUT2D eigenvalue weighted by Gasteiger charge is 2.46. The number of aliphatic carboxylic acids is 1. The lowest BCUT2D eigenvalue weighted by Gasteiger charge is -2.34. The second kappa shape index (κ2) is 5.27. The first kappa shape index (κ1) is 15.7. The molecule has 1 aliphatic heterocycles. The third kappa shape index (κ3) is 3.15. The van der Waals surface area contributed by atoms with Crippen molar-refractivity contribution in [3.63, 3.8) is 0 Å². The van der Waals surface area contributed by atoms with E-state index in [9.17, 15) is 26.7 Å². The highest BCUT2D eigenvalue weighted by molar-refractivity contribution is 7.95. The molecule has 1 aliphatic carbocycles. The van der Waals surface area contributed by atoms with Gasteiger partial charge in [0.15, 0.2) is 9.84 Å². The van der Waals surface area contributed by atoms with E-state index in [0.29, 0.717) is 12.8 Å². The van der Waals surface area contributed by atoms with Crippen LogP contribution >= 0.6 is 0 Å². The lowest BCUT2D eigenvalue weighted by molar-refractivity contribution is -0.145. The molecule has 1 saturated heterocycles. The summed E-state index contributed by atoms with van der Waals surface area (Å²) in [5.74, 6) is -1.75. The standard InChI is InChI=1S/C11H19NO6S2/c13-10(14)11(5-2-1-3-6-11)12-20(17,18)9-4-7-19(15,16)8-9/h9,12H,1-8H2,(H,13,14). The summed E-state index contributed by atoms with van der Waals surface area (Å²) in [6, 6.07) is 0. The number of rotatable bonds is 4. The van der Waals surface area contributed by atoms with E-state index in [1.807, 2.05) is 0 Å². The van der Waals surface area contributed by atoms with Crippen LogP contribution in [0.25, 0.3) is 0 Å². The zero-order valence-electron chi connectivity index (χ0n) is 11.0. The smallest absolute Gasteiger partial charge is 0.324 e. The molecule has 116 valence electrons. The SMILES string of the molecule is O=C(O)C1(NS(=O)(=O)C2CCS(=O)(=O)C2)CCCCC1. The molecule has 0 amide bonds. The van der Waals surface area contributed by atoms with Crippen molar-refractivity contribution in [3.8, 4) is 0 Å². The Bertz CT molecular complexity index is 588. The molecular weight excluding hydrogens is 306 g/mol. The first-order chi connectivity index (χ1) is 9.17. The highest BCUT2D eigenvalue weighted by atomic mass is 32.2. The van der Waals surface area contributed by atoms with Gasteiger partial charge in [-0.05, 0) is 19.3 Å². The van der Waals surface area contributed by atoms with Gasteiger partial charge >= 0.3 is 5.97 Å². The van der Waals surface area contributed by atoms with Gasteiger partial charge in [0.05, 0.1) is 16.8 Å². The number of carbonyl (C=O) groups is 1. The molecule has 9 heteroatoms. The van der Waals surface area contributed by atoms with Crippen molar-refractivity contribution in [2.24, 2.45) is 0 Å². The summed E-state index contributed by atoms with van der Waals surface area (Å²) in [5.41, 5.74) is -1.47. The number of sulfonamides is 1. The molecule has 0 bridgehead atoms. The summed E-state index contributed by atoms with van der Waals surface area (Å²) in [7, 11) is -7.27. The van der Waals surface area contributed by atoms with Crippen molar-refractivity contribution >= 4 is 25.8 Å². The molecule has 1 saturated carbocycles. The number of sulfone groups is 1. The van der Waals surface area contributed by atoms with Gasteiger partial charge in [-0.2, -0.15) is 4.72 Å². The molecule has 7 nitrogen and oxygen atoms in total. The van der Waals surface area contributed by atoms with Gasteiger partial charge in [-0.1, -0.05) is 19.3 Å². The van der Waals surface area contributed by atoms with Gasteiger partial charge in [0, 0.05) is 0 Å². The van der Waals surface area contributed by atoms with E-state index >= 15 is 0 Å². The minimum Gasteiger partial charge on any atom is -0.480 e. The molecule has 0 spiro atoms. The molecule has 2 N–H and O–H groups in total. The van der Waals surface area contributed by atoms with E-state index in [4.69, 9.17) is 0 Å². The molecular formula is C11H19NO6S2. The van der Waals surface area contributed by atoms with Crippen LogP contribution in [0.1, 0.15) is 38.5 Å². The third-order valence-corrected chi connectivity index (χ3v) is 8.02. The summed E-state index contributed by atoms with van der Waals surface area (Å²) in [6.07, 6.45) is 2.72. The van der Waals surface area contributed by atoms with Gasteiger partial charge in [-0.3, -0.25) is 4.79 Å². The van der Waals surface area contributed by atoms with Crippen molar-refractivity contribution in [1.82, 2.24) is 4.72 Å². The Morgan fingerprint density at radius 1 is 1.20 bits per heavy atom. The third-order valence-electron chi connectivity index (χ3n) is 4.08. The van der Waals surface area contributed by atoms with Gasteiger partial charge in [0.1, 0.15) is 5.54 Å². The molecule has 0 aromatic heterocycles. The number of hydrogen-bond acceptors (Lipinski definition) is 5. The molecule has 0 aromatic rings. The lowest BCUT2D eigenvalue weighted by atomic mass is 9.83. The van der Waals surface area contributed by atoms with Gasteiger partial charge in [0.25, 0.3) is 0 Å². The van der Waals surface area contributed by atoms with Gasteiger partial charge in [-0.15, -0.1) is 0 Å². The second-order valence-corrected chi connectivity index (χ2v) is 9.81. The topological polar surface area (TPSA) is 118 Å². The fraction of sp³-hybridized carbons (Fsp3) is 0.909. The van der Waals surface area contributed by atoms with Crippen LogP contribution in [-0.2, 0) is 24.7 Å². The maximum atomic E-state index is 12.3. The molecule has 0 aromatic carbocycles. The molecule has 1 heterocycles. The van der Waals surface area contributed by atoms with Crippen LogP contribution in [0.15, 0.2) is 0 Å². The Hall–Kier alpha value is -0.670. The van der Waals surface area contributed by atoms with Crippen LogP contribution < -0.4 is 4.72 Å². The number of hydrogen-bond donors (Lipinski definition) is 2. The average molecular weight is 325 g/mol. The minimum atomic E-state index is -3.94. The van der Waals surface area contributed by atoms with Crippen molar-refractivity contribution in [2.75, 3.05) is 11.5 Å². The molecule has 1 atom stereocenters. The van der Waals surface area contributed by atoms with Crippen molar-refractivity contribution in [1.29, 1.82) is 0 Å². The maximum Gasteiger partial charge on any atom is 0.324 e. The normalized spacial score (nSPS) is 29.1. The monoisotopic (exact) mass is 325 g/mol. The Morgan fingerprint density at radius 2 is 1.80 bits per heavy atom. The zero-order valence-corrected chi connectivity index (χ0v) is 12.7. The van der Waals surface area contributed by atoms with Crippen molar-refractivity contribution in [3.05, 3.63) is 0 Å². The van der Waals surface area contributed by atoms with Crippen LogP contribution in [0.5, 0.6) is 0 Å². The van der Waals surface area contributed by atoms with E-state index in [0.717, 1.165) is 6.42 Å². The van der Waals surface area contributed by atoms with Gasteiger partial charge in [-0.25, -0.2) is 16.8 Å². The van der Waals surface area contributed by atoms with Crippen LogP contribution in [-0.4, -0.2) is 50.2 Å². The van der Waals surface area contributed by atoms with Gasteiger partial charge < -0.3 is 5.11 Å². The van der Waals surface area contributed by atoms with Crippen LogP contribution in [0, 0.1) is 0 Å². The summed E-state index contributed by atoms with van der Waals surface area (Å²) in [4.78, 5) is 11.5. The molecule has 2 rings (SSSR count). The molecule has 2 aliphatic rings. The number of carboxylic acid groups (broad SMARTS) is 1. The Balaban J connectivity index is 2.20. The van der Waals surface area contributed by atoms with Crippen LogP contribution in [0.4, 0.5) is 0 Å². The fourth-order valence-electron chi connectivity index (χ4n) is 2.88. The quantitative estimate of drug-likeness (QED) is 0.744. The van der Waals surface area contributed by atoms with E-state index in [1.54, 1.807) is 0 Å². The second-order valence-electron chi connectivity index (χ2n) is 5.62. The van der Waals surface area contributed by atoms with Crippen molar-refractivity contribution in [2.45, 2.75) is 49.3 Å². The number of carboxylic acids is 1. The Kier molecular flexibility index (Phi) is 4.14. The molecule has 20 heavy (non-hydrogen) atoms. The Labute approximate surface area is 118 Å². The first-order valence-corrected chi connectivity index (χ1v) is 10.0. The molecule has 0 radical (unpaired) electrons. The maximum absolute atomic E-state index is 12.3. The van der Waals surface area contributed by atoms with E-state index in [1.165, 1.54) is 0 Å². The van der Waals surface area contributed by atoms with E-state index < -0.39 is 42.4 Å².